The van der Waals surface area contributed by atoms with Gasteiger partial charge in [-0.05, 0) is 31.4 Å². The quantitative estimate of drug-likeness (QED) is 0.783. The van der Waals surface area contributed by atoms with Crippen molar-refractivity contribution in [3.8, 4) is 6.07 Å². The van der Waals surface area contributed by atoms with Crippen molar-refractivity contribution in [3.63, 3.8) is 0 Å². The van der Waals surface area contributed by atoms with E-state index < -0.39 is 0 Å². The summed E-state index contributed by atoms with van der Waals surface area (Å²) in [5, 5.41) is 9.47. The fourth-order valence-corrected chi connectivity index (χ4v) is 3.43. The molecule has 1 heterocycles. The zero-order valence-corrected chi connectivity index (χ0v) is 9.72. The number of nitriles is 1. The molecule has 2 unspecified atom stereocenters. The molecular weight excluding hydrogens is 206 g/mol. The first-order valence-corrected chi connectivity index (χ1v) is 6.40. The van der Waals surface area contributed by atoms with Crippen LogP contribution >= 0.6 is 11.8 Å². The van der Waals surface area contributed by atoms with E-state index in [-0.39, 0.29) is 5.92 Å². The highest BCUT2D eigenvalue weighted by Gasteiger charge is 2.27. The Hall–Kier alpha value is -0.880. The molecule has 1 aliphatic carbocycles. The molecular formula is C12H15NOS. The highest BCUT2D eigenvalue weighted by Crippen LogP contribution is 2.36. The monoisotopic (exact) mass is 221 g/mol. The van der Waals surface area contributed by atoms with Crippen molar-refractivity contribution >= 4 is 11.8 Å². The molecule has 0 spiro atoms. The maximum absolute atomic E-state index is 8.96. The molecule has 0 saturated heterocycles. The average Bonchev–Trinajstić information content (AvgIpc) is 2.83. The van der Waals surface area contributed by atoms with Crippen LogP contribution in [0.4, 0.5) is 0 Å². The summed E-state index contributed by atoms with van der Waals surface area (Å²) in [5.74, 6) is 2.22. The Kier molecular flexibility index (Phi) is 3.37. The first kappa shape index (κ1) is 10.6. The highest BCUT2D eigenvalue weighted by atomic mass is 32.2. The van der Waals surface area contributed by atoms with Gasteiger partial charge in [-0.1, -0.05) is 6.42 Å². The summed E-state index contributed by atoms with van der Waals surface area (Å²) in [5.41, 5.74) is 1.22. The molecule has 0 radical (unpaired) electrons. The fraction of sp³-hybridized carbons (Fsp3) is 0.583. The molecule has 0 aromatic carbocycles. The van der Waals surface area contributed by atoms with Crippen LogP contribution in [0.5, 0.6) is 0 Å². The molecule has 1 aromatic heterocycles. The van der Waals surface area contributed by atoms with E-state index in [1.165, 1.54) is 18.4 Å². The Bertz CT molecular complexity index is 366. The number of nitrogens with zero attached hydrogens (tertiary/aromatic N) is 1. The molecule has 2 nitrogen and oxygen atoms in total. The molecule has 1 fully saturated rings. The normalized spacial score (nSPS) is 25.3. The third-order valence-electron chi connectivity index (χ3n) is 3.02. The molecule has 2 atom stereocenters. The van der Waals surface area contributed by atoms with Crippen LogP contribution in [-0.4, -0.2) is 5.25 Å². The van der Waals surface area contributed by atoms with E-state index in [1.807, 2.05) is 17.8 Å². The zero-order valence-electron chi connectivity index (χ0n) is 8.90. The van der Waals surface area contributed by atoms with Gasteiger partial charge >= 0.3 is 0 Å². The third-order valence-corrected chi connectivity index (χ3v) is 4.44. The SMILES string of the molecule is Cc1ccoc1CSC1CCCC1C#N. The van der Waals surface area contributed by atoms with Gasteiger partial charge in [-0.3, -0.25) is 0 Å². The first-order chi connectivity index (χ1) is 7.31. The van der Waals surface area contributed by atoms with Gasteiger partial charge in [0.25, 0.3) is 0 Å². The number of furan rings is 1. The van der Waals surface area contributed by atoms with Crippen LogP contribution in [0.3, 0.4) is 0 Å². The maximum Gasteiger partial charge on any atom is 0.116 e. The summed E-state index contributed by atoms with van der Waals surface area (Å²) in [4.78, 5) is 0. The average molecular weight is 221 g/mol. The van der Waals surface area contributed by atoms with Gasteiger partial charge in [-0.2, -0.15) is 5.26 Å². The summed E-state index contributed by atoms with van der Waals surface area (Å²) in [7, 11) is 0. The smallest absolute Gasteiger partial charge is 0.116 e. The van der Waals surface area contributed by atoms with E-state index >= 15 is 0 Å². The van der Waals surface area contributed by atoms with Gasteiger partial charge in [-0.25, -0.2) is 0 Å². The Morgan fingerprint density at radius 1 is 1.60 bits per heavy atom. The zero-order chi connectivity index (χ0) is 10.7. The van der Waals surface area contributed by atoms with Gasteiger partial charge < -0.3 is 4.42 Å². The summed E-state index contributed by atoms with van der Waals surface area (Å²) in [6, 6.07) is 4.40. The molecule has 0 aliphatic heterocycles. The second kappa shape index (κ2) is 4.76. The summed E-state index contributed by atoms with van der Waals surface area (Å²) in [6.07, 6.45) is 5.20. The van der Waals surface area contributed by atoms with E-state index in [4.69, 9.17) is 9.68 Å². The summed E-state index contributed by atoms with van der Waals surface area (Å²) >= 11 is 1.87. The van der Waals surface area contributed by atoms with Crippen molar-refractivity contribution < 1.29 is 4.42 Å². The van der Waals surface area contributed by atoms with Crippen molar-refractivity contribution in [3.05, 3.63) is 23.7 Å². The fourth-order valence-electron chi connectivity index (χ4n) is 2.01. The lowest BCUT2D eigenvalue weighted by Gasteiger charge is -2.11. The van der Waals surface area contributed by atoms with Crippen molar-refractivity contribution in [2.24, 2.45) is 5.92 Å². The topological polar surface area (TPSA) is 36.9 Å². The summed E-state index contributed by atoms with van der Waals surface area (Å²) in [6.45, 7) is 2.07. The Morgan fingerprint density at radius 3 is 3.13 bits per heavy atom. The van der Waals surface area contributed by atoms with Crippen LogP contribution < -0.4 is 0 Å². The van der Waals surface area contributed by atoms with Gasteiger partial charge in [0.15, 0.2) is 0 Å². The van der Waals surface area contributed by atoms with Crippen LogP contribution in [0.25, 0.3) is 0 Å². The lowest BCUT2D eigenvalue weighted by Crippen LogP contribution is -2.07. The van der Waals surface area contributed by atoms with Gasteiger partial charge in [0.1, 0.15) is 5.76 Å². The Balaban J connectivity index is 1.89. The van der Waals surface area contributed by atoms with Crippen LogP contribution in [0.2, 0.25) is 0 Å². The van der Waals surface area contributed by atoms with Crippen LogP contribution in [0.1, 0.15) is 30.6 Å². The Labute approximate surface area is 94.7 Å². The molecule has 1 aliphatic rings. The van der Waals surface area contributed by atoms with Crippen molar-refractivity contribution in [1.29, 1.82) is 5.26 Å². The third kappa shape index (κ3) is 2.38. The molecule has 1 aromatic rings. The first-order valence-electron chi connectivity index (χ1n) is 5.35. The standard InChI is InChI=1S/C12H15NOS/c1-9-5-6-14-11(9)8-15-12-4-2-3-10(12)7-13/h5-6,10,12H,2-4,8H2,1H3. The Morgan fingerprint density at radius 2 is 2.47 bits per heavy atom. The molecule has 0 bridgehead atoms. The molecule has 0 amide bonds. The minimum absolute atomic E-state index is 0.255. The van der Waals surface area contributed by atoms with Crippen molar-refractivity contribution in [2.75, 3.05) is 0 Å². The van der Waals surface area contributed by atoms with E-state index in [2.05, 4.69) is 13.0 Å². The second-order valence-electron chi connectivity index (χ2n) is 4.04. The number of aryl methyl sites for hydroxylation is 1. The molecule has 15 heavy (non-hydrogen) atoms. The van der Waals surface area contributed by atoms with E-state index in [0.29, 0.717) is 5.25 Å². The number of hydrogen-bond acceptors (Lipinski definition) is 3. The lowest BCUT2D eigenvalue weighted by atomic mass is 10.1. The van der Waals surface area contributed by atoms with Gasteiger partial charge in [0.05, 0.1) is 24.0 Å². The van der Waals surface area contributed by atoms with E-state index in [9.17, 15) is 0 Å². The maximum atomic E-state index is 8.96. The van der Waals surface area contributed by atoms with E-state index in [0.717, 1.165) is 17.9 Å². The molecule has 3 heteroatoms. The molecule has 2 rings (SSSR count). The van der Waals surface area contributed by atoms with Crippen molar-refractivity contribution in [1.82, 2.24) is 0 Å². The predicted molar refractivity (Wildman–Crippen MR) is 61.5 cm³/mol. The minimum Gasteiger partial charge on any atom is -0.468 e. The predicted octanol–water partition coefficient (Wildman–Crippen LogP) is 3.51. The van der Waals surface area contributed by atoms with Crippen LogP contribution in [-0.2, 0) is 5.75 Å². The molecule has 80 valence electrons. The number of thioether (sulfide) groups is 1. The van der Waals surface area contributed by atoms with Crippen LogP contribution in [0, 0.1) is 24.2 Å². The number of hydrogen-bond donors (Lipinski definition) is 0. The highest BCUT2D eigenvalue weighted by molar-refractivity contribution is 7.99. The molecule has 1 saturated carbocycles. The minimum atomic E-state index is 0.255. The largest absolute Gasteiger partial charge is 0.468 e. The van der Waals surface area contributed by atoms with E-state index in [1.54, 1.807) is 6.26 Å². The summed E-state index contributed by atoms with van der Waals surface area (Å²) < 4.78 is 5.39. The van der Waals surface area contributed by atoms with Crippen LogP contribution in [0.15, 0.2) is 16.7 Å². The lowest BCUT2D eigenvalue weighted by molar-refractivity contribution is 0.527. The van der Waals surface area contributed by atoms with Gasteiger partial charge in [0, 0.05) is 5.25 Å². The second-order valence-corrected chi connectivity index (χ2v) is 5.27. The van der Waals surface area contributed by atoms with Crippen molar-refractivity contribution in [2.45, 2.75) is 37.2 Å². The van der Waals surface area contributed by atoms with Gasteiger partial charge in [0.2, 0.25) is 0 Å². The number of rotatable bonds is 3. The van der Waals surface area contributed by atoms with Gasteiger partial charge in [-0.15, -0.1) is 11.8 Å². The molecule has 0 N–H and O–H groups in total.